The molecule has 2 heterocycles. The second-order valence-corrected chi connectivity index (χ2v) is 7.10. The predicted octanol–water partition coefficient (Wildman–Crippen LogP) is 1.98. The molecular weight excluding hydrogens is 306 g/mol. The average Bonchev–Trinajstić information content (AvgIpc) is 3.15. The summed E-state index contributed by atoms with van der Waals surface area (Å²) in [6.07, 6.45) is 2.51. The van der Waals surface area contributed by atoms with Gasteiger partial charge in [0.25, 0.3) is 0 Å². The van der Waals surface area contributed by atoms with Gasteiger partial charge < -0.3 is 15.0 Å². The minimum atomic E-state index is -0.767. The highest BCUT2D eigenvalue weighted by molar-refractivity contribution is 5.83. The average molecular weight is 327 g/mol. The molecule has 0 unspecified atom stereocenters. The fraction of sp³-hybridized carbons (Fsp3) is 0.500. The number of carbonyl (C=O) groups is 2. The van der Waals surface area contributed by atoms with Crippen LogP contribution < -0.4 is 0 Å². The molecule has 4 rings (SSSR count). The van der Waals surface area contributed by atoms with Crippen LogP contribution in [-0.4, -0.2) is 44.9 Å². The summed E-state index contributed by atoms with van der Waals surface area (Å²) in [6, 6.07) is 5.79. The molecular formula is C18H21N3O3. The smallest absolute Gasteiger partial charge is 0.308 e. The molecule has 0 radical (unpaired) electrons. The molecule has 2 atom stereocenters. The van der Waals surface area contributed by atoms with Crippen LogP contribution in [0.1, 0.15) is 24.2 Å². The Labute approximate surface area is 139 Å². The molecule has 24 heavy (non-hydrogen) atoms. The van der Waals surface area contributed by atoms with Gasteiger partial charge in [0.05, 0.1) is 23.4 Å². The highest BCUT2D eigenvalue weighted by atomic mass is 16.4. The molecule has 2 aromatic rings. The van der Waals surface area contributed by atoms with E-state index in [1.807, 2.05) is 25.1 Å². The number of carboxylic acid groups (broad SMARTS) is 1. The van der Waals surface area contributed by atoms with Crippen molar-refractivity contribution in [3.05, 3.63) is 29.6 Å². The maximum Gasteiger partial charge on any atom is 0.308 e. The number of aryl methyl sites for hydroxylation is 1. The Kier molecular flexibility index (Phi) is 3.55. The molecule has 0 bridgehead atoms. The molecule has 1 saturated carbocycles. The lowest BCUT2D eigenvalue weighted by molar-refractivity contribution is -0.142. The number of H-pyrrole nitrogens is 1. The van der Waals surface area contributed by atoms with Crippen LogP contribution in [0, 0.1) is 24.7 Å². The van der Waals surface area contributed by atoms with Crippen LogP contribution in [0.3, 0.4) is 0 Å². The summed E-state index contributed by atoms with van der Waals surface area (Å²) in [5, 5.41) is 9.42. The molecule has 2 aliphatic rings. The number of hydrogen-bond acceptors (Lipinski definition) is 3. The number of nitrogens with zero attached hydrogens (tertiary/aromatic N) is 2. The first-order chi connectivity index (χ1) is 11.5. The maximum absolute atomic E-state index is 12.6. The van der Waals surface area contributed by atoms with E-state index in [0.29, 0.717) is 25.4 Å². The van der Waals surface area contributed by atoms with Gasteiger partial charge in [0.15, 0.2) is 0 Å². The summed E-state index contributed by atoms with van der Waals surface area (Å²) >= 11 is 0. The van der Waals surface area contributed by atoms with E-state index in [2.05, 4.69) is 9.97 Å². The van der Waals surface area contributed by atoms with Crippen LogP contribution in [-0.2, 0) is 16.0 Å². The number of aromatic amines is 1. The first kappa shape index (κ1) is 15.2. The van der Waals surface area contributed by atoms with Gasteiger partial charge in [-0.2, -0.15) is 0 Å². The number of amides is 1. The predicted molar refractivity (Wildman–Crippen MR) is 88.5 cm³/mol. The van der Waals surface area contributed by atoms with Crippen molar-refractivity contribution in [3.8, 4) is 0 Å². The minimum absolute atomic E-state index is 0.0139. The summed E-state index contributed by atoms with van der Waals surface area (Å²) in [7, 11) is 0. The van der Waals surface area contributed by atoms with Gasteiger partial charge in [-0.15, -0.1) is 0 Å². The fourth-order valence-corrected chi connectivity index (χ4v) is 3.88. The molecule has 0 spiro atoms. The number of rotatable bonds is 4. The number of aliphatic carboxylic acids is 1. The Morgan fingerprint density at radius 1 is 1.33 bits per heavy atom. The van der Waals surface area contributed by atoms with E-state index in [1.165, 1.54) is 0 Å². The summed E-state index contributed by atoms with van der Waals surface area (Å²) in [6.45, 7) is 2.84. The van der Waals surface area contributed by atoms with Gasteiger partial charge in [-0.3, -0.25) is 9.59 Å². The summed E-state index contributed by atoms with van der Waals surface area (Å²) in [5.74, 6) is 0.317. The normalized spacial score (nSPS) is 23.8. The highest BCUT2D eigenvalue weighted by Gasteiger charge is 2.46. The van der Waals surface area contributed by atoms with Crippen LogP contribution in [0.2, 0.25) is 0 Å². The number of fused-ring (bicyclic) bond motifs is 1. The number of benzene rings is 1. The molecule has 126 valence electrons. The van der Waals surface area contributed by atoms with E-state index in [1.54, 1.807) is 4.90 Å². The third kappa shape index (κ3) is 2.77. The third-order valence-corrected chi connectivity index (χ3v) is 5.28. The maximum atomic E-state index is 12.6. The lowest BCUT2D eigenvalue weighted by atomic mass is 9.92. The summed E-state index contributed by atoms with van der Waals surface area (Å²) in [5.41, 5.74) is 2.75. The molecule has 6 heteroatoms. The Hall–Kier alpha value is -2.37. The Balaban J connectivity index is 1.47. The van der Waals surface area contributed by atoms with Gasteiger partial charge >= 0.3 is 5.97 Å². The van der Waals surface area contributed by atoms with E-state index in [0.717, 1.165) is 35.3 Å². The molecule has 2 fully saturated rings. The van der Waals surface area contributed by atoms with Gasteiger partial charge in [0.2, 0.25) is 5.91 Å². The second-order valence-electron chi connectivity index (χ2n) is 7.10. The second kappa shape index (κ2) is 5.61. The zero-order valence-corrected chi connectivity index (χ0v) is 13.7. The Morgan fingerprint density at radius 3 is 2.83 bits per heavy atom. The Morgan fingerprint density at radius 2 is 2.12 bits per heavy atom. The molecule has 1 aromatic carbocycles. The number of aromatic nitrogens is 2. The Bertz CT molecular complexity index is 809. The third-order valence-electron chi connectivity index (χ3n) is 5.28. The van der Waals surface area contributed by atoms with Crippen LogP contribution in [0.4, 0.5) is 0 Å². The molecule has 1 saturated heterocycles. The standard InChI is InChI=1S/C18H21N3O3/c1-10-19-15-5-2-11(6-16(15)20-10)7-17(22)21-8-13(12-3-4-12)14(9-21)18(23)24/h2,5-6,12-14H,3-4,7-9H2,1H3,(H,19,20)(H,23,24)/t13-,14+/m1/s1. The molecule has 6 nitrogen and oxygen atoms in total. The monoisotopic (exact) mass is 327 g/mol. The van der Waals surface area contributed by atoms with Crippen LogP contribution in [0.25, 0.3) is 11.0 Å². The van der Waals surface area contributed by atoms with Crippen molar-refractivity contribution in [2.75, 3.05) is 13.1 Å². The first-order valence-corrected chi connectivity index (χ1v) is 8.47. The molecule has 1 amide bonds. The van der Waals surface area contributed by atoms with Crippen LogP contribution >= 0.6 is 0 Å². The van der Waals surface area contributed by atoms with Gasteiger partial charge in [-0.1, -0.05) is 6.07 Å². The molecule has 1 aliphatic carbocycles. The van der Waals surface area contributed by atoms with E-state index >= 15 is 0 Å². The number of nitrogens with one attached hydrogen (secondary N) is 1. The fourth-order valence-electron chi connectivity index (χ4n) is 3.88. The van der Waals surface area contributed by atoms with Gasteiger partial charge in [0.1, 0.15) is 5.82 Å². The van der Waals surface area contributed by atoms with Gasteiger partial charge in [-0.05, 0) is 49.3 Å². The van der Waals surface area contributed by atoms with Crippen LogP contribution in [0.5, 0.6) is 0 Å². The number of imidazole rings is 1. The van der Waals surface area contributed by atoms with Crippen molar-refractivity contribution in [1.29, 1.82) is 0 Å². The SMILES string of the molecule is Cc1nc2ccc(CC(=O)N3C[C@H](C(=O)O)[C@@H](C4CC4)C3)cc2[nH]1. The lowest BCUT2D eigenvalue weighted by Gasteiger charge is -2.16. The van der Waals surface area contributed by atoms with Gasteiger partial charge in [-0.25, -0.2) is 4.98 Å². The molecule has 1 aliphatic heterocycles. The van der Waals surface area contributed by atoms with Crippen molar-refractivity contribution in [3.63, 3.8) is 0 Å². The van der Waals surface area contributed by atoms with E-state index in [9.17, 15) is 14.7 Å². The number of likely N-dealkylation sites (tertiary alicyclic amines) is 1. The van der Waals surface area contributed by atoms with Crippen molar-refractivity contribution in [2.24, 2.45) is 17.8 Å². The summed E-state index contributed by atoms with van der Waals surface area (Å²) < 4.78 is 0. The van der Waals surface area contributed by atoms with E-state index in [4.69, 9.17) is 0 Å². The number of hydrogen-bond donors (Lipinski definition) is 2. The topological polar surface area (TPSA) is 86.3 Å². The van der Waals surface area contributed by atoms with Crippen molar-refractivity contribution < 1.29 is 14.7 Å². The molecule has 2 N–H and O–H groups in total. The minimum Gasteiger partial charge on any atom is -0.481 e. The van der Waals surface area contributed by atoms with Crippen molar-refractivity contribution in [1.82, 2.24) is 14.9 Å². The summed E-state index contributed by atoms with van der Waals surface area (Å²) in [4.78, 5) is 33.4. The quantitative estimate of drug-likeness (QED) is 0.899. The zero-order chi connectivity index (χ0) is 16.8. The van der Waals surface area contributed by atoms with E-state index < -0.39 is 11.9 Å². The van der Waals surface area contributed by atoms with Crippen LogP contribution in [0.15, 0.2) is 18.2 Å². The van der Waals surface area contributed by atoms with Crippen molar-refractivity contribution >= 4 is 22.9 Å². The molecule has 1 aromatic heterocycles. The number of carboxylic acids is 1. The van der Waals surface area contributed by atoms with E-state index in [-0.39, 0.29) is 11.8 Å². The lowest BCUT2D eigenvalue weighted by Crippen LogP contribution is -2.31. The first-order valence-electron chi connectivity index (χ1n) is 8.47. The largest absolute Gasteiger partial charge is 0.481 e. The highest BCUT2D eigenvalue weighted by Crippen LogP contribution is 2.44. The number of carbonyl (C=O) groups excluding carboxylic acids is 1. The van der Waals surface area contributed by atoms with Gasteiger partial charge in [0, 0.05) is 13.1 Å². The van der Waals surface area contributed by atoms with Crippen molar-refractivity contribution in [2.45, 2.75) is 26.2 Å². The zero-order valence-electron chi connectivity index (χ0n) is 13.7.